The van der Waals surface area contributed by atoms with Crippen molar-refractivity contribution in [2.75, 3.05) is 38.7 Å². The van der Waals surface area contributed by atoms with Gasteiger partial charge in [-0.05, 0) is 53.4 Å². The topological polar surface area (TPSA) is 114 Å². The fourth-order valence-corrected chi connectivity index (χ4v) is 6.60. The van der Waals surface area contributed by atoms with Gasteiger partial charge in [0.15, 0.2) is 11.5 Å². The summed E-state index contributed by atoms with van der Waals surface area (Å²) in [5.41, 5.74) is 1.75. The molecule has 0 aromatic heterocycles. The van der Waals surface area contributed by atoms with E-state index in [1.54, 1.807) is 55.6 Å². The van der Waals surface area contributed by atoms with E-state index in [1.807, 2.05) is 50.2 Å². The molecule has 4 aromatic rings. The first kappa shape index (κ1) is 35.8. The van der Waals surface area contributed by atoms with Crippen LogP contribution < -0.4 is 23.8 Å². The Balaban J connectivity index is 1.84. The van der Waals surface area contributed by atoms with E-state index in [-0.39, 0.29) is 35.4 Å². The number of sulfonamides is 1. The van der Waals surface area contributed by atoms with Gasteiger partial charge in [0.25, 0.3) is 10.0 Å². The summed E-state index contributed by atoms with van der Waals surface area (Å²) in [4.78, 5) is 30.1. The highest BCUT2D eigenvalue weighted by molar-refractivity contribution is 7.92. The summed E-state index contributed by atoms with van der Waals surface area (Å²) in [7, 11) is 0.209. The summed E-state index contributed by atoms with van der Waals surface area (Å²) in [5, 5.41) is 3.00. The van der Waals surface area contributed by atoms with Crippen LogP contribution in [0.2, 0.25) is 0 Å². The number of nitrogens with one attached hydrogen (secondary N) is 1. The summed E-state index contributed by atoms with van der Waals surface area (Å²) in [6.07, 6.45) is 0.211. The second-order valence-corrected chi connectivity index (χ2v) is 13.4. The van der Waals surface area contributed by atoms with E-state index in [9.17, 15) is 18.0 Å². The standard InChI is InChI=1S/C37H43N3O7S/c1-27(2)24-38-37(42)33(22-28-13-8-6-9-14-28)39(25-29-15-12-16-31(21-29)45-3)36(41)26-40(48(43,44)32-17-10-7-11-18-32)30-19-20-34(46-4)35(23-30)47-5/h6-21,23,27,33H,22,24-26H2,1-5H3,(H,38,42). The van der Waals surface area contributed by atoms with Crippen molar-refractivity contribution >= 4 is 27.5 Å². The monoisotopic (exact) mass is 673 g/mol. The minimum Gasteiger partial charge on any atom is -0.497 e. The molecular weight excluding hydrogens is 630 g/mol. The first-order valence-corrected chi connectivity index (χ1v) is 17.0. The molecule has 0 fully saturated rings. The average molecular weight is 674 g/mol. The van der Waals surface area contributed by atoms with E-state index in [1.165, 1.54) is 37.3 Å². The molecule has 2 amide bonds. The molecule has 0 aliphatic rings. The van der Waals surface area contributed by atoms with Gasteiger partial charge < -0.3 is 24.4 Å². The molecule has 0 bridgehead atoms. The Labute approximate surface area is 283 Å². The number of anilines is 1. The summed E-state index contributed by atoms with van der Waals surface area (Å²) >= 11 is 0. The fraction of sp³-hybridized carbons (Fsp3) is 0.297. The average Bonchev–Trinajstić information content (AvgIpc) is 3.11. The normalized spacial score (nSPS) is 11.8. The van der Waals surface area contributed by atoms with Crippen molar-refractivity contribution in [1.82, 2.24) is 10.2 Å². The van der Waals surface area contributed by atoms with E-state index < -0.39 is 28.5 Å². The molecule has 0 spiro atoms. The molecule has 1 N–H and O–H groups in total. The van der Waals surface area contributed by atoms with Crippen molar-refractivity contribution in [3.8, 4) is 17.2 Å². The molecule has 0 aliphatic heterocycles. The Morgan fingerprint density at radius 1 is 0.750 bits per heavy atom. The van der Waals surface area contributed by atoms with Crippen LogP contribution in [0.3, 0.4) is 0 Å². The first-order chi connectivity index (χ1) is 23.1. The Morgan fingerprint density at radius 3 is 2.02 bits per heavy atom. The minimum absolute atomic E-state index is 0.00226. The van der Waals surface area contributed by atoms with E-state index in [0.29, 0.717) is 29.4 Å². The van der Waals surface area contributed by atoms with Gasteiger partial charge in [0.1, 0.15) is 18.3 Å². The Hall–Kier alpha value is -5.03. The zero-order chi connectivity index (χ0) is 34.7. The second kappa shape index (κ2) is 16.7. The zero-order valence-corrected chi connectivity index (χ0v) is 28.8. The number of rotatable bonds is 16. The van der Waals surface area contributed by atoms with Crippen LogP contribution in [0.15, 0.2) is 108 Å². The Kier molecular flexibility index (Phi) is 12.5. The van der Waals surface area contributed by atoms with Gasteiger partial charge in [0.2, 0.25) is 11.8 Å². The van der Waals surface area contributed by atoms with Gasteiger partial charge >= 0.3 is 0 Å². The molecule has 254 valence electrons. The molecule has 1 unspecified atom stereocenters. The number of hydrogen-bond acceptors (Lipinski definition) is 7. The Morgan fingerprint density at radius 2 is 1.40 bits per heavy atom. The van der Waals surface area contributed by atoms with E-state index in [0.717, 1.165) is 9.87 Å². The van der Waals surface area contributed by atoms with Gasteiger partial charge in [-0.25, -0.2) is 8.42 Å². The maximum atomic E-state index is 14.7. The van der Waals surface area contributed by atoms with Gasteiger partial charge in [0.05, 0.1) is 31.9 Å². The highest BCUT2D eigenvalue weighted by atomic mass is 32.2. The van der Waals surface area contributed by atoms with Crippen LogP contribution in [-0.4, -0.2) is 65.6 Å². The number of ether oxygens (including phenoxy) is 3. The lowest BCUT2D eigenvalue weighted by molar-refractivity contribution is -0.140. The summed E-state index contributed by atoms with van der Waals surface area (Å²) in [6, 6.07) is 28.2. The molecule has 0 aliphatic carbocycles. The molecule has 4 aromatic carbocycles. The van der Waals surface area contributed by atoms with Crippen LogP contribution >= 0.6 is 0 Å². The van der Waals surface area contributed by atoms with Crippen molar-refractivity contribution in [3.63, 3.8) is 0 Å². The number of nitrogens with zero attached hydrogens (tertiary/aromatic N) is 2. The molecule has 0 saturated carbocycles. The predicted octanol–water partition coefficient (Wildman–Crippen LogP) is 5.32. The number of amides is 2. The molecule has 11 heteroatoms. The van der Waals surface area contributed by atoms with Gasteiger partial charge in [-0.3, -0.25) is 13.9 Å². The molecule has 0 saturated heterocycles. The third kappa shape index (κ3) is 9.07. The van der Waals surface area contributed by atoms with Gasteiger partial charge in [-0.1, -0.05) is 74.5 Å². The highest BCUT2D eigenvalue weighted by Crippen LogP contribution is 2.34. The van der Waals surface area contributed by atoms with E-state index >= 15 is 0 Å². The molecule has 0 heterocycles. The van der Waals surface area contributed by atoms with Crippen LogP contribution in [0.4, 0.5) is 5.69 Å². The molecule has 4 rings (SSSR count). The first-order valence-electron chi connectivity index (χ1n) is 15.6. The minimum atomic E-state index is -4.27. The van der Waals surface area contributed by atoms with Crippen molar-refractivity contribution in [1.29, 1.82) is 0 Å². The third-order valence-corrected chi connectivity index (χ3v) is 9.50. The number of methoxy groups -OCH3 is 3. The van der Waals surface area contributed by atoms with E-state index in [2.05, 4.69) is 5.32 Å². The summed E-state index contributed by atoms with van der Waals surface area (Å²) in [5.74, 6) is 0.529. The second-order valence-electron chi connectivity index (χ2n) is 11.6. The molecule has 0 radical (unpaired) electrons. The summed E-state index contributed by atoms with van der Waals surface area (Å²) < 4.78 is 45.8. The van der Waals surface area contributed by atoms with Crippen LogP contribution in [0.5, 0.6) is 17.2 Å². The number of hydrogen-bond donors (Lipinski definition) is 1. The van der Waals surface area contributed by atoms with Crippen LogP contribution in [0.1, 0.15) is 25.0 Å². The zero-order valence-electron chi connectivity index (χ0n) is 28.0. The number of carbonyl (C=O) groups is 2. The highest BCUT2D eigenvalue weighted by Gasteiger charge is 2.35. The lowest BCUT2D eigenvalue weighted by atomic mass is 10.0. The third-order valence-electron chi connectivity index (χ3n) is 7.71. The lowest BCUT2D eigenvalue weighted by Crippen LogP contribution is -2.53. The fourth-order valence-electron chi connectivity index (χ4n) is 5.17. The summed E-state index contributed by atoms with van der Waals surface area (Å²) in [6.45, 7) is 3.81. The molecule has 10 nitrogen and oxygen atoms in total. The van der Waals surface area contributed by atoms with Gasteiger partial charge in [-0.2, -0.15) is 0 Å². The number of benzene rings is 4. The van der Waals surface area contributed by atoms with Gasteiger partial charge in [0, 0.05) is 25.6 Å². The quantitative estimate of drug-likeness (QED) is 0.171. The van der Waals surface area contributed by atoms with Crippen molar-refractivity contribution in [2.24, 2.45) is 5.92 Å². The van der Waals surface area contributed by atoms with Crippen molar-refractivity contribution in [2.45, 2.75) is 37.8 Å². The van der Waals surface area contributed by atoms with Crippen molar-refractivity contribution in [3.05, 3.63) is 114 Å². The van der Waals surface area contributed by atoms with Gasteiger partial charge in [-0.15, -0.1) is 0 Å². The SMILES string of the molecule is COc1cccc(CN(C(=O)CN(c2ccc(OC)c(OC)c2)S(=O)(=O)c2ccccc2)C(Cc2ccccc2)C(=O)NCC(C)C)c1. The lowest BCUT2D eigenvalue weighted by Gasteiger charge is -2.34. The van der Waals surface area contributed by atoms with Crippen LogP contribution in [-0.2, 0) is 32.6 Å². The molecule has 48 heavy (non-hydrogen) atoms. The molecule has 1 atom stereocenters. The Bertz CT molecular complexity index is 1770. The smallest absolute Gasteiger partial charge is 0.264 e. The largest absolute Gasteiger partial charge is 0.497 e. The predicted molar refractivity (Wildman–Crippen MR) is 186 cm³/mol. The maximum Gasteiger partial charge on any atom is 0.264 e. The van der Waals surface area contributed by atoms with Crippen molar-refractivity contribution < 1.29 is 32.2 Å². The maximum absolute atomic E-state index is 14.7. The van der Waals surface area contributed by atoms with E-state index in [4.69, 9.17) is 14.2 Å². The number of carbonyl (C=O) groups excluding carboxylic acids is 2. The van der Waals surface area contributed by atoms with Crippen LogP contribution in [0, 0.1) is 5.92 Å². The van der Waals surface area contributed by atoms with Crippen LogP contribution in [0.25, 0.3) is 0 Å². The molecular formula is C37H43N3O7S.